The summed E-state index contributed by atoms with van der Waals surface area (Å²) in [4.78, 5) is 29.3. The largest absolute Gasteiger partial charge is 0.490 e. The number of carbonyl (C=O) groups excluding carboxylic acids is 1. The van der Waals surface area contributed by atoms with Crippen LogP contribution in [0, 0.1) is 13.8 Å². The van der Waals surface area contributed by atoms with Crippen LogP contribution in [0.1, 0.15) is 35.5 Å². The lowest BCUT2D eigenvalue weighted by Crippen LogP contribution is -2.14. The molecule has 0 spiro atoms. The van der Waals surface area contributed by atoms with Crippen LogP contribution in [0.5, 0.6) is 5.75 Å². The van der Waals surface area contributed by atoms with Crippen LogP contribution in [0.3, 0.4) is 0 Å². The van der Waals surface area contributed by atoms with E-state index in [1.807, 2.05) is 19.1 Å². The molecule has 6 heteroatoms. The minimum absolute atomic E-state index is 0.250. The van der Waals surface area contributed by atoms with Crippen LogP contribution in [0.2, 0.25) is 0 Å². The Labute approximate surface area is 144 Å². The molecule has 0 atom stereocenters. The maximum Gasteiger partial charge on any atom is 0.346 e. The number of esters is 1. The van der Waals surface area contributed by atoms with Crippen LogP contribution in [0.15, 0.2) is 27.4 Å². The Morgan fingerprint density at radius 1 is 1.20 bits per heavy atom. The Morgan fingerprint density at radius 3 is 2.64 bits per heavy atom. The molecule has 0 saturated carbocycles. The fourth-order valence-corrected chi connectivity index (χ4v) is 3.02. The monoisotopic (exact) mass is 341 g/mol. The Balaban J connectivity index is 2.42. The van der Waals surface area contributed by atoms with Gasteiger partial charge in [-0.05, 0) is 45.4 Å². The first kappa shape index (κ1) is 17.0. The normalized spacial score (nSPS) is 11.0. The highest BCUT2D eigenvalue weighted by Gasteiger charge is 2.22. The van der Waals surface area contributed by atoms with Gasteiger partial charge in [0.05, 0.1) is 35.4 Å². The van der Waals surface area contributed by atoms with Crippen LogP contribution >= 0.6 is 0 Å². The van der Waals surface area contributed by atoms with Crippen molar-refractivity contribution in [3.8, 4) is 5.75 Å². The SMILES string of the molecule is CCOC(=O)c1c(C)nc2c(c1C)c(=O)oc1c(OCC)cccc12. The van der Waals surface area contributed by atoms with Crippen molar-refractivity contribution in [1.82, 2.24) is 4.98 Å². The number of para-hydroxylation sites is 1. The van der Waals surface area contributed by atoms with E-state index >= 15 is 0 Å². The van der Waals surface area contributed by atoms with E-state index in [1.54, 1.807) is 26.8 Å². The molecule has 0 aliphatic carbocycles. The number of fused-ring (bicyclic) bond motifs is 3. The van der Waals surface area contributed by atoms with Crippen molar-refractivity contribution in [3.05, 3.63) is 45.4 Å². The molecule has 0 unspecified atom stereocenters. The first-order valence-corrected chi connectivity index (χ1v) is 8.16. The zero-order valence-corrected chi connectivity index (χ0v) is 14.6. The van der Waals surface area contributed by atoms with E-state index in [0.717, 1.165) is 0 Å². The molecule has 0 N–H and O–H groups in total. The van der Waals surface area contributed by atoms with E-state index in [0.29, 0.717) is 45.7 Å². The van der Waals surface area contributed by atoms with Crippen molar-refractivity contribution in [3.63, 3.8) is 0 Å². The molecule has 0 saturated heterocycles. The maximum atomic E-state index is 12.6. The van der Waals surface area contributed by atoms with Crippen molar-refractivity contribution in [2.24, 2.45) is 0 Å². The van der Waals surface area contributed by atoms with Gasteiger partial charge in [-0.1, -0.05) is 6.07 Å². The van der Waals surface area contributed by atoms with Crippen molar-refractivity contribution in [1.29, 1.82) is 0 Å². The number of aryl methyl sites for hydroxylation is 2. The van der Waals surface area contributed by atoms with E-state index in [-0.39, 0.29) is 12.0 Å². The lowest BCUT2D eigenvalue weighted by molar-refractivity contribution is 0.0524. The number of carbonyl (C=O) groups is 1. The van der Waals surface area contributed by atoms with Gasteiger partial charge < -0.3 is 13.9 Å². The van der Waals surface area contributed by atoms with Gasteiger partial charge >= 0.3 is 11.6 Å². The lowest BCUT2D eigenvalue weighted by atomic mass is 10.0. The second-order valence-electron chi connectivity index (χ2n) is 5.60. The fraction of sp³-hybridized carbons (Fsp3) is 0.316. The molecule has 0 radical (unpaired) electrons. The van der Waals surface area contributed by atoms with Gasteiger partial charge in [0.15, 0.2) is 11.3 Å². The first-order valence-electron chi connectivity index (χ1n) is 8.16. The molecule has 0 bridgehead atoms. The van der Waals surface area contributed by atoms with E-state index in [4.69, 9.17) is 13.9 Å². The first-order chi connectivity index (χ1) is 12.0. The maximum absolute atomic E-state index is 12.6. The van der Waals surface area contributed by atoms with Crippen LogP contribution < -0.4 is 10.4 Å². The highest BCUT2D eigenvalue weighted by Crippen LogP contribution is 2.31. The summed E-state index contributed by atoms with van der Waals surface area (Å²) >= 11 is 0. The third-order valence-electron chi connectivity index (χ3n) is 4.04. The van der Waals surface area contributed by atoms with Crippen molar-refractivity contribution in [2.45, 2.75) is 27.7 Å². The summed E-state index contributed by atoms with van der Waals surface area (Å²) in [7, 11) is 0. The third kappa shape index (κ3) is 2.73. The average molecular weight is 341 g/mol. The number of benzene rings is 1. The molecule has 0 amide bonds. The highest BCUT2D eigenvalue weighted by atomic mass is 16.5. The van der Waals surface area contributed by atoms with Gasteiger partial charge in [-0.3, -0.25) is 4.98 Å². The predicted octanol–water partition coefficient (Wildman–Crippen LogP) is 3.53. The summed E-state index contributed by atoms with van der Waals surface area (Å²) in [6.07, 6.45) is 0. The van der Waals surface area contributed by atoms with E-state index in [2.05, 4.69) is 4.98 Å². The molecule has 2 heterocycles. The number of nitrogens with zero attached hydrogens (tertiary/aromatic N) is 1. The zero-order chi connectivity index (χ0) is 18.1. The Kier molecular flexibility index (Phi) is 4.44. The van der Waals surface area contributed by atoms with E-state index < -0.39 is 11.6 Å². The molecule has 3 aromatic rings. The number of hydrogen-bond acceptors (Lipinski definition) is 6. The molecule has 2 aromatic heterocycles. The van der Waals surface area contributed by atoms with Gasteiger partial charge in [0.1, 0.15) is 0 Å². The molecular formula is C19H19NO5. The number of ether oxygens (including phenoxy) is 2. The second kappa shape index (κ2) is 6.55. The summed E-state index contributed by atoms with van der Waals surface area (Å²) in [6, 6.07) is 5.38. The van der Waals surface area contributed by atoms with Gasteiger partial charge in [0, 0.05) is 5.39 Å². The standard InChI is InChI=1S/C19H19NO5/c1-5-23-13-9-7-8-12-16-15(19(22)25-17(12)13)10(3)14(11(4)20-16)18(21)24-6-2/h7-9H,5-6H2,1-4H3. The minimum Gasteiger partial charge on any atom is -0.490 e. The molecule has 6 nitrogen and oxygen atoms in total. The van der Waals surface area contributed by atoms with E-state index in [9.17, 15) is 9.59 Å². The number of aromatic nitrogens is 1. The third-order valence-corrected chi connectivity index (χ3v) is 4.04. The molecule has 25 heavy (non-hydrogen) atoms. The molecule has 3 rings (SSSR count). The smallest absolute Gasteiger partial charge is 0.346 e. The second-order valence-corrected chi connectivity index (χ2v) is 5.60. The highest BCUT2D eigenvalue weighted by molar-refractivity contribution is 6.07. The summed E-state index contributed by atoms with van der Waals surface area (Å²) in [5, 5.41) is 0.956. The fourth-order valence-electron chi connectivity index (χ4n) is 3.02. The lowest BCUT2D eigenvalue weighted by Gasteiger charge is -2.13. The summed E-state index contributed by atoms with van der Waals surface area (Å²) in [5.74, 6) is 0.0000364. The van der Waals surface area contributed by atoms with Gasteiger partial charge in [0.25, 0.3) is 0 Å². The van der Waals surface area contributed by atoms with Crippen LogP contribution in [-0.4, -0.2) is 24.2 Å². The molecule has 0 aliphatic heterocycles. The summed E-state index contributed by atoms with van der Waals surface area (Å²) < 4.78 is 16.1. The molecule has 130 valence electrons. The summed E-state index contributed by atoms with van der Waals surface area (Å²) in [6.45, 7) is 7.72. The van der Waals surface area contributed by atoms with Crippen molar-refractivity contribution in [2.75, 3.05) is 13.2 Å². The molecular weight excluding hydrogens is 322 g/mol. The minimum atomic E-state index is -0.551. The topological polar surface area (TPSA) is 78.6 Å². The quantitative estimate of drug-likeness (QED) is 0.410. The Morgan fingerprint density at radius 2 is 1.96 bits per heavy atom. The van der Waals surface area contributed by atoms with Crippen molar-refractivity contribution < 1.29 is 18.7 Å². The average Bonchev–Trinajstić information content (AvgIpc) is 2.55. The summed E-state index contributed by atoms with van der Waals surface area (Å²) in [5.41, 5.74) is 1.63. The molecule has 0 fully saturated rings. The van der Waals surface area contributed by atoms with Crippen LogP contribution in [0.4, 0.5) is 0 Å². The van der Waals surface area contributed by atoms with Gasteiger partial charge in [-0.25, -0.2) is 9.59 Å². The molecule has 0 aliphatic rings. The number of hydrogen-bond donors (Lipinski definition) is 0. The van der Waals surface area contributed by atoms with Crippen LogP contribution in [0.25, 0.3) is 21.9 Å². The van der Waals surface area contributed by atoms with Gasteiger partial charge in [-0.15, -0.1) is 0 Å². The number of pyridine rings is 1. The number of rotatable bonds is 4. The van der Waals surface area contributed by atoms with Gasteiger partial charge in [-0.2, -0.15) is 0 Å². The van der Waals surface area contributed by atoms with Gasteiger partial charge in [0.2, 0.25) is 0 Å². The molecule has 1 aromatic carbocycles. The van der Waals surface area contributed by atoms with E-state index in [1.165, 1.54) is 0 Å². The Hall–Kier alpha value is -2.89. The zero-order valence-electron chi connectivity index (χ0n) is 14.6. The van der Waals surface area contributed by atoms with Crippen molar-refractivity contribution >= 4 is 27.8 Å². The Bertz CT molecular complexity index is 1040. The predicted molar refractivity (Wildman–Crippen MR) is 94.4 cm³/mol. The van der Waals surface area contributed by atoms with Crippen LogP contribution in [-0.2, 0) is 4.74 Å².